The van der Waals surface area contributed by atoms with Gasteiger partial charge in [0.25, 0.3) is 13.4 Å². The van der Waals surface area contributed by atoms with E-state index in [2.05, 4.69) is 196 Å². The van der Waals surface area contributed by atoms with Crippen molar-refractivity contribution in [3.8, 4) is 56.6 Å². The van der Waals surface area contributed by atoms with Crippen molar-refractivity contribution < 1.29 is 9.47 Å². The second-order valence-corrected chi connectivity index (χ2v) is 19.7. The molecule has 0 amide bonds. The van der Waals surface area contributed by atoms with E-state index in [0.29, 0.717) is 0 Å². The number of aryl methyl sites for hydroxylation is 6. The highest BCUT2D eigenvalue weighted by molar-refractivity contribution is 7.02. The molecule has 0 saturated carbocycles. The first kappa shape index (κ1) is 36.6. The van der Waals surface area contributed by atoms with Gasteiger partial charge in [-0.2, -0.15) is 0 Å². The lowest BCUT2D eigenvalue weighted by Crippen LogP contribution is -2.62. The zero-order chi connectivity index (χ0) is 44.0. The van der Waals surface area contributed by atoms with E-state index in [9.17, 15) is 0 Å². The average Bonchev–Trinajstić information content (AvgIpc) is 3.80. The number of aromatic nitrogens is 2. The molecule has 6 heteroatoms. The topological polar surface area (TPSA) is 28.3 Å². The summed E-state index contributed by atoms with van der Waals surface area (Å²) in [6, 6.07) is 55.0. The standard InChI is InChI=1S/C60H42B2N2O2/c1-31-15-17-49-41(19-31)43-21-33(3)23-47-59(43)63(49)51-25-37(39-13-9-7-11-35(39)5)27-55-57(51)61(47)45-29-46-54(30-53(45)65-55)66-56-28-38(40-14-10-8-12-36(40)6)26-52-58(56)62(46)48-24-34(4)22-44-42-20-32(2)16-18-50(42)64(52)60(44)48/h7-30H,1-6H3. The third-order valence-corrected chi connectivity index (χ3v) is 15.4. The smallest absolute Gasteiger partial charge is 0.256 e. The fourth-order valence-electron chi connectivity index (χ4n) is 12.7. The van der Waals surface area contributed by atoms with Crippen LogP contribution < -0.4 is 42.3 Å². The van der Waals surface area contributed by atoms with Gasteiger partial charge in [-0.15, -0.1) is 0 Å². The van der Waals surface area contributed by atoms with E-state index in [1.165, 1.54) is 132 Å². The number of rotatable bonds is 2. The summed E-state index contributed by atoms with van der Waals surface area (Å²) in [7, 11) is 0. The Kier molecular flexibility index (Phi) is 6.97. The van der Waals surface area contributed by atoms with E-state index >= 15 is 0 Å². The minimum atomic E-state index is -0.0601. The van der Waals surface area contributed by atoms with Gasteiger partial charge in [-0.1, -0.05) is 101 Å². The lowest BCUT2D eigenvalue weighted by molar-refractivity contribution is 0.465. The summed E-state index contributed by atoms with van der Waals surface area (Å²) in [5.74, 6) is 3.50. The van der Waals surface area contributed by atoms with Crippen molar-refractivity contribution in [1.82, 2.24) is 9.13 Å². The summed E-state index contributed by atoms with van der Waals surface area (Å²) in [6.07, 6.45) is 0. The first-order valence-corrected chi connectivity index (χ1v) is 23.3. The lowest BCUT2D eigenvalue weighted by atomic mass is 9.31. The number of hydrogen-bond acceptors (Lipinski definition) is 2. The molecule has 4 nitrogen and oxygen atoms in total. The molecule has 0 spiro atoms. The third kappa shape index (κ3) is 4.66. The summed E-state index contributed by atoms with van der Waals surface area (Å²) in [5.41, 5.74) is 27.0. The highest BCUT2D eigenvalue weighted by atomic mass is 16.5. The van der Waals surface area contributed by atoms with Crippen LogP contribution in [0.1, 0.15) is 33.4 Å². The summed E-state index contributed by atoms with van der Waals surface area (Å²) < 4.78 is 19.7. The normalized spacial score (nSPS) is 13.5. The van der Waals surface area contributed by atoms with Gasteiger partial charge in [0.1, 0.15) is 23.0 Å². The Morgan fingerprint density at radius 3 is 1.26 bits per heavy atom. The zero-order valence-electron chi connectivity index (χ0n) is 37.7. The molecule has 2 aromatic heterocycles. The second kappa shape index (κ2) is 12.6. The molecular formula is C60H42B2N2O2. The monoisotopic (exact) mass is 844 g/mol. The molecule has 66 heavy (non-hydrogen) atoms. The molecule has 0 radical (unpaired) electrons. The van der Waals surface area contributed by atoms with Crippen molar-refractivity contribution in [2.24, 2.45) is 0 Å². The Morgan fingerprint density at radius 1 is 0.364 bits per heavy atom. The fourth-order valence-corrected chi connectivity index (χ4v) is 12.7. The van der Waals surface area contributed by atoms with Crippen molar-refractivity contribution in [3.63, 3.8) is 0 Å². The van der Waals surface area contributed by atoms with Crippen molar-refractivity contribution in [1.29, 1.82) is 0 Å². The predicted molar refractivity (Wildman–Crippen MR) is 277 cm³/mol. The van der Waals surface area contributed by atoms with Gasteiger partial charge in [0.2, 0.25) is 0 Å². The van der Waals surface area contributed by atoms with Crippen LogP contribution in [0.4, 0.5) is 0 Å². The molecule has 11 aromatic rings. The molecule has 4 aliphatic rings. The highest BCUT2D eigenvalue weighted by Gasteiger charge is 2.46. The maximum atomic E-state index is 7.33. The third-order valence-electron chi connectivity index (χ3n) is 15.4. The van der Waals surface area contributed by atoms with E-state index in [1.54, 1.807) is 0 Å². The summed E-state index contributed by atoms with van der Waals surface area (Å²) in [6.45, 7) is 13.2. The molecular weight excluding hydrogens is 802 g/mol. The lowest BCUT2D eigenvalue weighted by Gasteiger charge is -2.37. The van der Waals surface area contributed by atoms with Gasteiger partial charge in [0.05, 0.1) is 11.0 Å². The van der Waals surface area contributed by atoms with Crippen LogP contribution in [0, 0.1) is 41.5 Å². The molecule has 4 aliphatic heterocycles. The van der Waals surface area contributed by atoms with Crippen molar-refractivity contribution in [2.45, 2.75) is 41.5 Å². The first-order chi connectivity index (χ1) is 32.2. The Hall–Kier alpha value is -7.69. The van der Waals surface area contributed by atoms with E-state index in [-0.39, 0.29) is 13.4 Å². The fraction of sp³-hybridized carbons (Fsp3) is 0.100. The minimum Gasteiger partial charge on any atom is -0.458 e. The van der Waals surface area contributed by atoms with Crippen molar-refractivity contribution in [2.75, 3.05) is 0 Å². The quantitative estimate of drug-likeness (QED) is 0.162. The van der Waals surface area contributed by atoms with E-state index in [0.717, 1.165) is 34.1 Å². The van der Waals surface area contributed by atoms with Crippen molar-refractivity contribution >= 4 is 89.8 Å². The Bertz CT molecular complexity index is 3840. The van der Waals surface area contributed by atoms with E-state index in [4.69, 9.17) is 9.47 Å². The van der Waals surface area contributed by atoms with Crippen LogP contribution in [-0.4, -0.2) is 22.6 Å². The minimum absolute atomic E-state index is 0.0601. The maximum Gasteiger partial charge on any atom is 0.256 e. The molecule has 0 atom stereocenters. The maximum absolute atomic E-state index is 7.33. The largest absolute Gasteiger partial charge is 0.458 e. The van der Waals surface area contributed by atoms with Gasteiger partial charge < -0.3 is 18.6 Å². The van der Waals surface area contributed by atoms with Gasteiger partial charge >= 0.3 is 0 Å². The van der Waals surface area contributed by atoms with Crippen LogP contribution in [0.15, 0.2) is 146 Å². The molecule has 6 heterocycles. The SMILES string of the molecule is Cc1ccc2c(c1)c1cc(C)cc3c1n2-c1cc(-c2ccccc2C)cc2c1B3c1cc3c(cc1O2)Oc1cc(-c2ccccc2C)cc2c1B3c1cc(C)cc3c4cc(C)ccc4n-2c13. The van der Waals surface area contributed by atoms with Crippen LogP contribution in [-0.2, 0) is 0 Å². The zero-order valence-corrected chi connectivity index (χ0v) is 37.7. The molecule has 0 bridgehead atoms. The van der Waals surface area contributed by atoms with Crippen LogP contribution in [0.3, 0.4) is 0 Å². The van der Waals surface area contributed by atoms with Crippen LogP contribution >= 0.6 is 0 Å². The second-order valence-electron chi connectivity index (χ2n) is 19.7. The van der Waals surface area contributed by atoms with Crippen LogP contribution in [0.2, 0.25) is 0 Å². The number of benzene rings is 9. The number of ether oxygens (including phenoxy) is 2. The van der Waals surface area contributed by atoms with Crippen molar-refractivity contribution in [3.05, 3.63) is 179 Å². The highest BCUT2D eigenvalue weighted by Crippen LogP contribution is 2.44. The summed E-state index contributed by atoms with van der Waals surface area (Å²) >= 11 is 0. The molecule has 0 aliphatic carbocycles. The molecule has 310 valence electrons. The molecule has 0 saturated heterocycles. The van der Waals surface area contributed by atoms with E-state index < -0.39 is 0 Å². The van der Waals surface area contributed by atoms with E-state index in [1.807, 2.05) is 0 Å². The molecule has 15 rings (SSSR count). The molecule has 0 N–H and O–H groups in total. The van der Waals surface area contributed by atoms with Gasteiger partial charge in [-0.25, -0.2) is 0 Å². The predicted octanol–water partition coefficient (Wildman–Crippen LogP) is 10.9. The average molecular weight is 845 g/mol. The number of fused-ring (bicyclic) bond motifs is 14. The Balaban J connectivity index is 1.04. The van der Waals surface area contributed by atoms with Gasteiger partial charge in [0, 0.05) is 50.0 Å². The summed E-state index contributed by atoms with van der Waals surface area (Å²) in [5, 5.41) is 5.17. The number of nitrogens with zero attached hydrogens (tertiary/aromatic N) is 2. The van der Waals surface area contributed by atoms with Gasteiger partial charge in [0.15, 0.2) is 0 Å². The Morgan fingerprint density at radius 2 is 0.803 bits per heavy atom. The molecule has 0 fully saturated rings. The Labute approximate surface area is 383 Å². The molecule has 9 aromatic carbocycles. The summed E-state index contributed by atoms with van der Waals surface area (Å²) in [4.78, 5) is 0. The van der Waals surface area contributed by atoms with Crippen LogP contribution in [0.25, 0.3) is 77.2 Å². The van der Waals surface area contributed by atoms with Crippen LogP contribution in [0.5, 0.6) is 23.0 Å². The number of hydrogen-bond donors (Lipinski definition) is 0. The van der Waals surface area contributed by atoms with Gasteiger partial charge in [-0.3, -0.25) is 0 Å². The van der Waals surface area contributed by atoms with Gasteiger partial charge in [-0.05, 0) is 168 Å². The molecule has 0 unspecified atom stereocenters. The first-order valence-electron chi connectivity index (χ1n) is 23.3.